The van der Waals surface area contributed by atoms with Gasteiger partial charge in [0.1, 0.15) is 5.75 Å². The summed E-state index contributed by atoms with van der Waals surface area (Å²) >= 11 is 0. The normalized spacial score (nSPS) is 10.3. The minimum Gasteiger partial charge on any atom is -0.507 e. The first-order chi connectivity index (χ1) is 11.8. The van der Waals surface area contributed by atoms with Crippen LogP contribution >= 0.6 is 0 Å². The number of phenolic OH excluding ortho intramolecular Hbond substituents is 1. The van der Waals surface area contributed by atoms with Crippen LogP contribution < -0.4 is 10.6 Å². The lowest BCUT2D eigenvalue weighted by Gasteiger charge is -2.11. The third-order valence-electron chi connectivity index (χ3n) is 3.28. The van der Waals surface area contributed by atoms with Crippen LogP contribution in [0.5, 0.6) is 5.75 Å². The zero-order valence-corrected chi connectivity index (χ0v) is 14.1. The van der Waals surface area contributed by atoms with Crippen LogP contribution in [0.3, 0.4) is 0 Å². The monoisotopic (exact) mass is 344 g/mol. The summed E-state index contributed by atoms with van der Waals surface area (Å²) < 4.78 is 0. The van der Waals surface area contributed by atoms with Gasteiger partial charge in [0.05, 0.1) is 5.56 Å². The van der Waals surface area contributed by atoms with Crippen molar-refractivity contribution < 1.29 is 24.3 Å². The van der Waals surface area contributed by atoms with Crippen LogP contribution in [-0.2, 0) is 16.1 Å². The van der Waals surface area contributed by atoms with Gasteiger partial charge in [-0.25, -0.2) is 0 Å². The van der Waals surface area contributed by atoms with Gasteiger partial charge in [-0.2, -0.15) is 0 Å². The van der Waals surface area contributed by atoms with Crippen LogP contribution in [0.4, 0.5) is 0 Å². The summed E-state index contributed by atoms with van der Waals surface area (Å²) in [5.74, 6) is -1.71. The molecule has 0 fully saturated rings. The number of amides is 2. The van der Waals surface area contributed by atoms with Gasteiger partial charge in [-0.05, 0) is 32.1 Å². The summed E-state index contributed by atoms with van der Waals surface area (Å²) in [4.78, 5) is 45.8. The number of phenols is 1. The number of ketones is 2. The Balaban J connectivity index is 2.79. The third-order valence-corrected chi connectivity index (χ3v) is 3.28. The first kappa shape index (κ1) is 19.8. The molecule has 0 saturated carbocycles. The van der Waals surface area contributed by atoms with E-state index in [0.717, 1.165) is 6.08 Å². The Bertz CT molecular complexity index is 750. The van der Waals surface area contributed by atoms with E-state index < -0.39 is 5.91 Å². The minimum absolute atomic E-state index is 0.0274. The van der Waals surface area contributed by atoms with Crippen LogP contribution in [-0.4, -0.2) is 35.0 Å². The fraction of sp³-hybridized carbons (Fsp3) is 0.222. The second kappa shape index (κ2) is 9.17. The zero-order chi connectivity index (χ0) is 19.0. The van der Waals surface area contributed by atoms with Gasteiger partial charge in [0.2, 0.25) is 11.8 Å². The quantitative estimate of drug-likeness (QED) is 0.486. The summed E-state index contributed by atoms with van der Waals surface area (Å²) in [6, 6.07) is 2.76. The van der Waals surface area contributed by atoms with Gasteiger partial charge in [-0.3, -0.25) is 19.2 Å². The molecular weight excluding hydrogens is 324 g/mol. The van der Waals surface area contributed by atoms with E-state index in [4.69, 9.17) is 0 Å². The van der Waals surface area contributed by atoms with Gasteiger partial charge in [0, 0.05) is 30.3 Å². The molecule has 2 amide bonds. The van der Waals surface area contributed by atoms with E-state index in [1.807, 2.05) is 0 Å². The van der Waals surface area contributed by atoms with E-state index >= 15 is 0 Å². The number of hydrogen-bond acceptors (Lipinski definition) is 5. The zero-order valence-electron chi connectivity index (χ0n) is 14.1. The molecule has 0 saturated heterocycles. The molecule has 1 aromatic carbocycles. The lowest BCUT2D eigenvalue weighted by atomic mass is 9.99. The summed E-state index contributed by atoms with van der Waals surface area (Å²) in [6.07, 6.45) is 3.79. The molecule has 1 aromatic rings. The van der Waals surface area contributed by atoms with Crippen molar-refractivity contribution in [2.24, 2.45) is 0 Å². The largest absolute Gasteiger partial charge is 0.507 e. The van der Waals surface area contributed by atoms with E-state index in [9.17, 15) is 24.3 Å². The molecule has 0 aliphatic rings. The fourth-order valence-electron chi connectivity index (χ4n) is 1.94. The molecule has 0 heterocycles. The number of rotatable bonds is 8. The molecular formula is C18H20N2O5. The van der Waals surface area contributed by atoms with Crippen LogP contribution in [0.15, 0.2) is 36.9 Å². The van der Waals surface area contributed by atoms with Crippen LogP contribution in [0.25, 0.3) is 0 Å². The second-order valence-electron chi connectivity index (χ2n) is 5.21. The van der Waals surface area contributed by atoms with Gasteiger partial charge in [-0.15, -0.1) is 0 Å². The number of hydrogen-bond donors (Lipinski definition) is 3. The predicted octanol–water partition coefficient (Wildman–Crippen LogP) is 1.27. The molecule has 25 heavy (non-hydrogen) atoms. The molecule has 0 aliphatic heterocycles. The maximum Gasteiger partial charge on any atom is 0.243 e. The molecule has 3 N–H and O–H groups in total. The van der Waals surface area contributed by atoms with E-state index in [-0.39, 0.29) is 53.0 Å². The molecule has 0 aromatic heterocycles. The number of aromatic hydroxyl groups is 1. The molecule has 0 atom stereocenters. The van der Waals surface area contributed by atoms with Gasteiger partial charge in [-0.1, -0.05) is 12.7 Å². The maximum atomic E-state index is 11.7. The Morgan fingerprint density at radius 3 is 2.32 bits per heavy atom. The highest BCUT2D eigenvalue weighted by molar-refractivity contribution is 6.02. The molecule has 0 unspecified atom stereocenters. The van der Waals surface area contributed by atoms with Crippen molar-refractivity contribution in [2.75, 3.05) is 6.54 Å². The second-order valence-corrected chi connectivity index (χ2v) is 5.21. The summed E-state index contributed by atoms with van der Waals surface area (Å²) in [6.45, 7) is 6.03. The van der Waals surface area contributed by atoms with Crippen molar-refractivity contribution in [1.82, 2.24) is 10.6 Å². The summed E-state index contributed by atoms with van der Waals surface area (Å²) in [5.41, 5.74) is 0.564. The number of benzene rings is 1. The Kier molecular flexibility index (Phi) is 7.27. The average Bonchev–Trinajstić information content (AvgIpc) is 2.56. The topological polar surface area (TPSA) is 113 Å². The number of carbonyl (C=O) groups excluding carboxylic acids is 4. The molecule has 0 aliphatic carbocycles. The molecule has 0 spiro atoms. The molecule has 7 nitrogen and oxygen atoms in total. The van der Waals surface area contributed by atoms with Crippen LogP contribution in [0.1, 0.15) is 40.1 Å². The number of Topliss-reactive ketones (excluding diaryl/α,β-unsaturated/α-hetero) is 2. The summed E-state index contributed by atoms with van der Waals surface area (Å²) in [5, 5.41) is 15.1. The third kappa shape index (κ3) is 6.06. The fourth-order valence-corrected chi connectivity index (χ4v) is 1.94. The first-order valence-electron chi connectivity index (χ1n) is 7.48. The molecule has 0 bridgehead atoms. The van der Waals surface area contributed by atoms with Gasteiger partial charge in [0.25, 0.3) is 0 Å². The molecule has 1 rings (SSSR count). The average molecular weight is 344 g/mol. The number of carbonyl (C=O) groups is 4. The Labute approximate surface area is 145 Å². The first-order valence-corrected chi connectivity index (χ1v) is 7.48. The SMILES string of the molecule is C=CC(=O)NC/C=C/C(=O)NCc1cc(C(C)=O)cc(C(C)=O)c1O. The highest BCUT2D eigenvalue weighted by Crippen LogP contribution is 2.25. The molecule has 132 valence electrons. The van der Waals surface area contributed by atoms with Crippen molar-refractivity contribution in [1.29, 1.82) is 0 Å². The van der Waals surface area contributed by atoms with Crippen molar-refractivity contribution >= 4 is 23.4 Å². The smallest absolute Gasteiger partial charge is 0.243 e. The van der Waals surface area contributed by atoms with E-state index in [1.165, 1.54) is 38.1 Å². The Morgan fingerprint density at radius 2 is 1.76 bits per heavy atom. The molecule has 7 heteroatoms. The van der Waals surface area contributed by atoms with Crippen molar-refractivity contribution in [3.63, 3.8) is 0 Å². The van der Waals surface area contributed by atoms with E-state index in [1.54, 1.807) is 0 Å². The minimum atomic E-state index is -0.454. The number of nitrogens with one attached hydrogen (secondary N) is 2. The van der Waals surface area contributed by atoms with Crippen LogP contribution in [0, 0.1) is 0 Å². The van der Waals surface area contributed by atoms with Gasteiger partial charge in [0.15, 0.2) is 11.6 Å². The maximum absolute atomic E-state index is 11.7. The van der Waals surface area contributed by atoms with Crippen LogP contribution in [0.2, 0.25) is 0 Å². The van der Waals surface area contributed by atoms with Gasteiger partial charge < -0.3 is 15.7 Å². The predicted molar refractivity (Wildman–Crippen MR) is 92.3 cm³/mol. The summed E-state index contributed by atoms with van der Waals surface area (Å²) in [7, 11) is 0. The standard InChI is InChI=1S/C18H20N2O5/c1-4-16(23)19-7-5-6-17(24)20-10-14-8-13(11(2)21)9-15(12(3)22)18(14)25/h4-6,8-9,25H,1,7,10H2,2-3H3,(H,19,23)(H,20,24)/b6-5+. The van der Waals surface area contributed by atoms with E-state index in [2.05, 4.69) is 17.2 Å². The molecule has 0 radical (unpaired) electrons. The Morgan fingerprint density at radius 1 is 1.08 bits per heavy atom. The van der Waals surface area contributed by atoms with Gasteiger partial charge >= 0.3 is 0 Å². The highest BCUT2D eigenvalue weighted by atomic mass is 16.3. The highest BCUT2D eigenvalue weighted by Gasteiger charge is 2.15. The Hall–Kier alpha value is -3.22. The lowest BCUT2D eigenvalue weighted by molar-refractivity contribution is -0.117. The van der Waals surface area contributed by atoms with Crippen molar-refractivity contribution in [3.05, 3.63) is 53.6 Å². The van der Waals surface area contributed by atoms with Crippen molar-refractivity contribution in [3.8, 4) is 5.75 Å². The van der Waals surface area contributed by atoms with Crippen molar-refractivity contribution in [2.45, 2.75) is 20.4 Å². The van der Waals surface area contributed by atoms with E-state index in [0.29, 0.717) is 0 Å². The lowest BCUT2D eigenvalue weighted by Crippen LogP contribution is -2.23.